The summed E-state index contributed by atoms with van der Waals surface area (Å²) in [4.78, 5) is 13.5. The molecule has 0 saturated heterocycles. The first-order chi connectivity index (χ1) is 13.5. The van der Waals surface area contributed by atoms with E-state index in [2.05, 4.69) is 20.6 Å². The molecule has 3 heterocycles. The first-order valence-electron chi connectivity index (χ1n) is 8.07. The Balaban J connectivity index is 1.48. The Morgan fingerprint density at radius 3 is 2.79 bits per heavy atom. The molecule has 1 amide bonds. The van der Waals surface area contributed by atoms with Crippen LogP contribution in [0.3, 0.4) is 0 Å². The van der Waals surface area contributed by atoms with Crippen molar-refractivity contribution >= 4 is 57.9 Å². The van der Waals surface area contributed by atoms with Crippen LogP contribution in [0.2, 0.25) is 15.1 Å². The van der Waals surface area contributed by atoms with Gasteiger partial charge in [-0.15, -0.1) is 11.3 Å². The zero-order valence-electron chi connectivity index (χ0n) is 14.1. The number of anilines is 1. The summed E-state index contributed by atoms with van der Waals surface area (Å²) in [5, 5.41) is 17.3. The lowest BCUT2D eigenvalue weighted by Gasteiger charge is -2.05. The van der Waals surface area contributed by atoms with Crippen LogP contribution in [0.25, 0.3) is 10.6 Å². The Hall–Kier alpha value is -2.32. The maximum absolute atomic E-state index is 12.5. The number of hydrogen-bond acceptors (Lipinski definition) is 4. The number of carbonyl (C=O) groups excluding carboxylic acids is 1. The van der Waals surface area contributed by atoms with Crippen LogP contribution in [0.5, 0.6) is 0 Å². The zero-order valence-corrected chi connectivity index (χ0v) is 17.2. The van der Waals surface area contributed by atoms with Crippen molar-refractivity contribution in [1.29, 1.82) is 0 Å². The largest absolute Gasteiger partial charge is 0.302 e. The lowest BCUT2D eigenvalue weighted by Crippen LogP contribution is -2.13. The molecule has 0 unspecified atom stereocenters. The van der Waals surface area contributed by atoms with E-state index in [-0.39, 0.29) is 11.5 Å². The maximum atomic E-state index is 12.5. The molecular weight excluding hydrogens is 441 g/mol. The van der Waals surface area contributed by atoms with Crippen molar-refractivity contribution in [2.45, 2.75) is 6.54 Å². The van der Waals surface area contributed by atoms with E-state index in [9.17, 15) is 4.79 Å². The summed E-state index contributed by atoms with van der Waals surface area (Å²) in [5.41, 5.74) is 1.85. The molecule has 2 N–H and O–H groups in total. The summed E-state index contributed by atoms with van der Waals surface area (Å²) < 4.78 is 1.59. The van der Waals surface area contributed by atoms with Gasteiger partial charge in [-0.3, -0.25) is 14.6 Å². The molecule has 0 atom stereocenters. The topological polar surface area (TPSA) is 75.6 Å². The van der Waals surface area contributed by atoms with Crippen LogP contribution in [-0.2, 0) is 6.54 Å². The first-order valence-corrected chi connectivity index (χ1v) is 10.1. The van der Waals surface area contributed by atoms with Gasteiger partial charge in [0.25, 0.3) is 5.91 Å². The summed E-state index contributed by atoms with van der Waals surface area (Å²) in [6.45, 7) is 0.385. The third-order valence-electron chi connectivity index (χ3n) is 3.89. The lowest BCUT2D eigenvalue weighted by molar-refractivity contribution is 0.102. The van der Waals surface area contributed by atoms with Gasteiger partial charge in [0.1, 0.15) is 5.02 Å². The van der Waals surface area contributed by atoms with Crippen LogP contribution in [0.4, 0.5) is 5.82 Å². The minimum Gasteiger partial charge on any atom is -0.302 e. The Kier molecular flexibility index (Phi) is 5.41. The van der Waals surface area contributed by atoms with Crippen molar-refractivity contribution in [2.24, 2.45) is 0 Å². The molecule has 0 aliphatic heterocycles. The number of nitrogens with one attached hydrogen (secondary N) is 2. The van der Waals surface area contributed by atoms with Gasteiger partial charge in [-0.25, -0.2) is 0 Å². The van der Waals surface area contributed by atoms with Crippen LogP contribution in [0, 0.1) is 0 Å². The third kappa shape index (κ3) is 4.07. The summed E-state index contributed by atoms with van der Waals surface area (Å²) >= 11 is 19.9. The normalized spacial score (nSPS) is 11.0. The predicted octanol–water partition coefficient (Wildman–Crippen LogP) is 5.60. The molecule has 10 heteroatoms. The Bertz CT molecular complexity index is 1140. The summed E-state index contributed by atoms with van der Waals surface area (Å²) in [5.74, 6) is -0.159. The molecule has 6 nitrogen and oxygen atoms in total. The van der Waals surface area contributed by atoms with Gasteiger partial charge in [-0.1, -0.05) is 46.9 Å². The number of aromatic nitrogens is 4. The van der Waals surface area contributed by atoms with Crippen molar-refractivity contribution in [3.8, 4) is 10.6 Å². The van der Waals surface area contributed by atoms with Gasteiger partial charge in [-0.2, -0.15) is 10.2 Å². The molecule has 0 spiro atoms. The summed E-state index contributed by atoms with van der Waals surface area (Å²) in [7, 11) is 0. The highest BCUT2D eigenvalue weighted by molar-refractivity contribution is 7.13. The van der Waals surface area contributed by atoms with Crippen LogP contribution in [0.15, 0.2) is 48.0 Å². The van der Waals surface area contributed by atoms with Crippen LogP contribution in [-0.4, -0.2) is 25.9 Å². The van der Waals surface area contributed by atoms with Gasteiger partial charge in [0, 0.05) is 16.2 Å². The van der Waals surface area contributed by atoms with Crippen LogP contribution >= 0.6 is 46.1 Å². The highest BCUT2D eigenvalue weighted by Crippen LogP contribution is 2.26. The first kappa shape index (κ1) is 19.0. The van der Waals surface area contributed by atoms with Crippen molar-refractivity contribution < 1.29 is 4.79 Å². The minimum absolute atomic E-state index is 0.245. The van der Waals surface area contributed by atoms with E-state index in [1.165, 1.54) is 0 Å². The zero-order chi connectivity index (χ0) is 19.7. The van der Waals surface area contributed by atoms with Crippen LogP contribution in [0.1, 0.15) is 16.1 Å². The van der Waals surface area contributed by atoms with E-state index in [4.69, 9.17) is 34.8 Å². The lowest BCUT2D eigenvalue weighted by atomic mass is 10.2. The second-order valence-corrected chi connectivity index (χ2v) is 8.06. The van der Waals surface area contributed by atoms with E-state index in [0.29, 0.717) is 21.6 Å². The number of benzene rings is 1. The van der Waals surface area contributed by atoms with Crippen molar-refractivity contribution in [1.82, 2.24) is 20.0 Å². The number of halogens is 3. The minimum atomic E-state index is -0.407. The number of thiophene rings is 1. The molecule has 4 aromatic rings. The van der Waals surface area contributed by atoms with Crippen molar-refractivity contribution in [2.75, 3.05) is 5.32 Å². The standard InChI is InChI=1S/C18H12Cl3N5OS/c19-11-4-3-10(12(20)6-11)8-26-9-13(21)17(25-26)22-18(27)15-7-14(23-24-15)16-2-1-5-28-16/h1-7,9H,8H2,(H,23,24)(H,22,25,27). The molecule has 0 aliphatic rings. The van der Waals surface area contributed by atoms with Gasteiger partial charge in [0.2, 0.25) is 0 Å². The molecule has 3 aromatic heterocycles. The average Bonchev–Trinajstić information content (AvgIpc) is 3.39. The molecule has 28 heavy (non-hydrogen) atoms. The van der Waals surface area contributed by atoms with E-state index in [0.717, 1.165) is 16.1 Å². The smallest absolute Gasteiger partial charge is 0.277 e. The third-order valence-corrected chi connectivity index (χ3v) is 5.66. The summed E-state index contributed by atoms with van der Waals surface area (Å²) in [6, 6.07) is 10.8. The highest BCUT2D eigenvalue weighted by atomic mass is 35.5. The predicted molar refractivity (Wildman–Crippen MR) is 113 cm³/mol. The van der Waals surface area contributed by atoms with Gasteiger partial charge >= 0.3 is 0 Å². The van der Waals surface area contributed by atoms with Crippen molar-refractivity contribution in [3.05, 3.63) is 74.3 Å². The second-order valence-electron chi connectivity index (χ2n) is 5.86. The quantitative estimate of drug-likeness (QED) is 0.414. The molecule has 0 aliphatic carbocycles. The van der Waals surface area contributed by atoms with Gasteiger partial charge in [0.05, 0.1) is 17.1 Å². The number of rotatable bonds is 5. The Morgan fingerprint density at radius 2 is 2.04 bits per heavy atom. The molecule has 0 radical (unpaired) electrons. The number of nitrogens with zero attached hydrogens (tertiary/aromatic N) is 3. The fourth-order valence-electron chi connectivity index (χ4n) is 2.55. The van der Waals surface area contributed by atoms with E-state index < -0.39 is 5.91 Å². The number of hydrogen-bond donors (Lipinski definition) is 2. The molecule has 0 saturated carbocycles. The molecule has 142 valence electrons. The number of carbonyl (C=O) groups is 1. The molecule has 4 rings (SSSR count). The Labute approximate surface area is 179 Å². The monoisotopic (exact) mass is 451 g/mol. The number of amides is 1. The van der Waals surface area contributed by atoms with E-state index in [1.807, 2.05) is 23.6 Å². The summed E-state index contributed by atoms with van der Waals surface area (Å²) in [6.07, 6.45) is 1.61. The number of H-pyrrole nitrogens is 1. The van der Waals surface area contributed by atoms with Crippen LogP contribution < -0.4 is 5.32 Å². The number of aromatic amines is 1. The molecular formula is C18H12Cl3N5OS. The maximum Gasteiger partial charge on any atom is 0.277 e. The Morgan fingerprint density at radius 1 is 1.18 bits per heavy atom. The van der Waals surface area contributed by atoms with E-state index >= 15 is 0 Å². The molecule has 1 aromatic carbocycles. The van der Waals surface area contributed by atoms with Crippen molar-refractivity contribution in [3.63, 3.8) is 0 Å². The van der Waals surface area contributed by atoms with Gasteiger partial charge in [0.15, 0.2) is 11.5 Å². The van der Waals surface area contributed by atoms with E-state index in [1.54, 1.807) is 40.4 Å². The fraction of sp³-hybridized carbons (Fsp3) is 0.0556. The molecule has 0 bridgehead atoms. The second kappa shape index (κ2) is 7.97. The highest BCUT2D eigenvalue weighted by Gasteiger charge is 2.16. The van der Waals surface area contributed by atoms with Gasteiger partial charge < -0.3 is 5.32 Å². The SMILES string of the molecule is O=C(Nc1nn(Cc2ccc(Cl)cc2Cl)cc1Cl)c1cc(-c2cccs2)[nH]n1. The average molecular weight is 453 g/mol. The fourth-order valence-corrected chi connectivity index (χ4v) is 3.91. The van der Waals surface area contributed by atoms with Gasteiger partial charge in [-0.05, 0) is 35.2 Å². The molecule has 0 fully saturated rings.